The number of likely N-dealkylation sites (N-methyl/N-ethyl adjacent to an activating group) is 1. The van der Waals surface area contributed by atoms with E-state index < -0.39 is 11.7 Å². The molecule has 2 aromatic carbocycles. The van der Waals surface area contributed by atoms with E-state index in [1.807, 2.05) is 6.07 Å². The molecule has 25 heavy (non-hydrogen) atoms. The van der Waals surface area contributed by atoms with Crippen molar-refractivity contribution in [1.29, 1.82) is 0 Å². The van der Waals surface area contributed by atoms with E-state index in [4.69, 9.17) is 28.0 Å². The lowest BCUT2D eigenvalue weighted by molar-refractivity contribution is 0.0479. The third-order valence-corrected chi connectivity index (χ3v) is 4.65. The number of nitrogens with zero attached hydrogens (tertiary/aromatic N) is 2. The summed E-state index contributed by atoms with van der Waals surface area (Å²) >= 11 is 11.9. The Morgan fingerprint density at radius 2 is 2.04 bits per heavy atom. The van der Waals surface area contributed by atoms with E-state index in [-0.39, 0.29) is 11.7 Å². The van der Waals surface area contributed by atoms with Gasteiger partial charge in [0.05, 0.1) is 27.9 Å². The average Bonchev–Trinajstić information content (AvgIpc) is 3.05. The van der Waals surface area contributed by atoms with Crippen molar-refractivity contribution in [2.75, 3.05) is 13.6 Å². The van der Waals surface area contributed by atoms with E-state index in [9.17, 15) is 9.18 Å². The van der Waals surface area contributed by atoms with Gasteiger partial charge >= 0.3 is 0 Å². The van der Waals surface area contributed by atoms with Crippen molar-refractivity contribution in [2.24, 2.45) is 5.16 Å². The summed E-state index contributed by atoms with van der Waals surface area (Å²) in [4.78, 5) is 19.2. The van der Waals surface area contributed by atoms with E-state index in [0.717, 1.165) is 11.3 Å². The first-order chi connectivity index (χ1) is 12.0. The van der Waals surface area contributed by atoms with Gasteiger partial charge in [-0.05, 0) is 24.3 Å². The highest BCUT2D eigenvalue weighted by molar-refractivity contribution is 6.42. The number of benzene rings is 2. The Morgan fingerprint density at radius 1 is 1.28 bits per heavy atom. The van der Waals surface area contributed by atoms with Gasteiger partial charge in [-0.25, -0.2) is 4.39 Å². The molecule has 3 rings (SSSR count). The molecule has 0 N–H and O–H groups in total. The number of hydrogen-bond donors (Lipinski definition) is 0. The minimum absolute atomic E-state index is 0.0358. The third kappa shape index (κ3) is 3.94. The van der Waals surface area contributed by atoms with Crippen LogP contribution in [0.2, 0.25) is 10.0 Å². The molecule has 4 nitrogen and oxygen atoms in total. The Kier molecular flexibility index (Phi) is 5.25. The minimum Gasteiger partial charge on any atom is -0.390 e. The summed E-state index contributed by atoms with van der Waals surface area (Å²) in [5, 5.41) is 4.97. The maximum Gasteiger partial charge on any atom is 0.256 e. The van der Waals surface area contributed by atoms with Crippen molar-refractivity contribution >= 4 is 34.8 Å². The summed E-state index contributed by atoms with van der Waals surface area (Å²) in [5.41, 5.74) is 1.59. The second kappa shape index (κ2) is 7.42. The lowest BCUT2D eigenvalue weighted by Crippen LogP contribution is -2.35. The maximum absolute atomic E-state index is 13.7. The molecule has 0 bridgehead atoms. The first kappa shape index (κ1) is 17.7. The second-order valence-corrected chi connectivity index (χ2v) is 6.58. The normalized spacial score (nSPS) is 16.3. The summed E-state index contributed by atoms with van der Waals surface area (Å²) in [7, 11) is 1.61. The van der Waals surface area contributed by atoms with Crippen LogP contribution in [0.5, 0.6) is 0 Å². The Morgan fingerprint density at radius 3 is 2.76 bits per heavy atom. The third-order valence-electron chi connectivity index (χ3n) is 3.91. The first-order valence-electron chi connectivity index (χ1n) is 7.64. The van der Waals surface area contributed by atoms with Crippen molar-refractivity contribution in [1.82, 2.24) is 4.90 Å². The first-order valence-corrected chi connectivity index (χ1v) is 8.39. The molecule has 7 heteroatoms. The lowest BCUT2D eigenvalue weighted by Gasteiger charge is -2.20. The van der Waals surface area contributed by atoms with Crippen molar-refractivity contribution in [2.45, 2.75) is 12.5 Å². The summed E-state index contributed by atoms with van der Waals surface area (Å²) in [6, 6.07) is 11.1. The van der Waals surface area contributed by atoms with Crippen LogP contribution < -0.4 is 0 Å². The molecule has 130 valence electrons. The number of oxime groups is 1. The molecule has 0 saturated carbocycles. The van der Waals surface area contributed by atoms with Gasteiger partial charge in [-0.15, -0.1) is 0 Å². The van der Waals surface area contributed by atoms with Crippen LogP contribution in [0.3, 0.4) is 0 Å². The molecular weight excluding hydrogens is 366 g/mol. The van der Waals surface area contributed by atoms with Gasteiger partial charge in [0.1, 0.15) is 5.82 Å². The average molecular weight is 381 g/mol. The summed E-state index contributed by atoms with van der Waals surface area (Å²) in [6.07, 6.45) is 0.220. The molecule has 1 aliphatic rings. The van der Waals surface area contributed by atoms with Crippen molar-refractivity contribution in [3.8, 4) is 0 Å². The molecule has 1 aliphatic heterocycles. The van der Waals surface area contributed by atoms with Crippen LogP contribution in [0.4, 0.5) is 4.39 Å². The van der Waals surface area contributed by atoms with Crippen LogP contribution in [0.25, 0.3) is 0 Å². The fraction of sp³-hybridized carbons (Fsp3) is 0.222. The quantitative estimate of drug-likeness (QED) is 0.788. The molecule has 0 aromatic heterocycles. The molecular formula is C18H15Cl2FN2O2. The predicted octanol–water partition coefficient (Wildman–Crippen LogP) is 4.40. The standard InChI is InChI=1S/C18H15Cl2FN2O2/c1-23(18(24)13-4-2-3-5-16(13)21)10-12-9-17(22-25-12)11-6-7-14(19)15(20)8-11/h2-8,12H,9-10H2,1H3/t12-/m1/s1. The van der Waals surface area contributed by atoms with Crippen LogP contribution in [-0.4, -0.2) is 36.2 Å². The van der Waals surface area contributed by atoms with Crippen molar-refractivity contribution in [3.63, 3.8) is 0 Å². The van der Waals surface area contributed by atoms with E-state index in [2.05, 4.69) is 5.16 Å². The Hall–Kier alpha value is -2.11. The molecule has 0 spiro atoms. The van der Waals surface area contributed by atoms with Gasteiger partial charge in [-0.2, -0.15) is 0 Å². The molecule has 1 amide bonds. The maximum atomic E-state index is 13.7. The van der Waals surface area contributed by atoms with E-state index in [1.54, 1.807) is 31.3 Å². The minimum atomic E-state index is -0.542. The number of carbonyl (C=O) groups is 1. The Balaban J connectivity index is 1.63. The second-order valence-electron chi connectivity index (χ2n) is 5.76. The molecule has 0 saturated heterocycles. The van der Waals surface area contributed by atoms with Crippen molar-refractivity contribution < 1.29 is 14.0 Å². The molecule has 0 aliphatic carbocycles. The van der Waals surface area contributed by atoms with Crippen LogP contribution >= 0.6 is 23.2 Å². The van der Waals surface area contributed by atoms with Crippen LogP contribution in [0.1, 0.15) is 22.3 Å². The van der Waals surface area contributed by atoms with Gasteiger partial charge in [0.25, 0.3) is 5.91 Å². The number of amides is 1. The fourth-order valence-corrected chi connectivity index (χ4v) is 2.90. The van der Waals surface area contributed by atoms with Gasteiger partial charge in [0, 0.05) is 19.0 Å². The number of carbonyl (C=O) groups excluding carboxylic acids is 1. The van der Waals surface area contributed by atoms with Gasteiger partial charge < -0.3 is 9.74 Å². The molecule has 1 atom stereocenters. The van der Waals surface area contributed by atoms with Crippen molar-refractivity contribution in [3.05, 3.63) is 69.5 Å². The SMILES string of the molecule is CN(C[C@H]1CC(c2ccc(Cl)c(Cl)c2)=NO1)C(=O)c1ccccc1F. The molecule has 0 radical (unpaired) electrons. The highest BCUT2D eigenvalue weighted by atomic mass is 35.5. The van der Waals surface area contributed by atoms with Gasteiger partial charge in [-0.1, -0.05) is 46.6 Å². The summed E-state index contributed by atoms with van der Waals surface area (Å²) in [6.45, 7) is 0.293. The molecule has 0 unspecified atom stereocenters. The summed E-state index contributed by atoms with van der Waals surface area (Å²) in [5.74, 6) is -0.941. The largest absolute Gasteiger partial charge is 0.390 e. The highest BCUT2D eigenvalue weighted by Gasteiger charge is 2.26. The zero-order valence-corrected chi connectivity index (χ0v) is 14.9. The monoisotopic (exact) mass is 380 g/mol. The topological polar surface area (TPSA) is 41.9 Å². The van der Waals surface area contributed by atoms with E-state index in [1.165, 1.54) is 17.0 Å². The number of rotatable bonds is 4. The highest BCUT2D eigenvalue weighted by Crippen LogP contribution is 2.25. The number of halogens is 3. The fourth-order valence-electron chi connectivity index (χ4n) is 2.60. The van der Waals surface area contributed by atoms with Gasteiger partial charge in [-0.3, -0.25) is 4.79 Å². The smallest absolute Gasteiger partial charge is 0.256 e. The van der Waals surface area contributed by atoms with Gasteiger partial charge in [0.15, 0.2) is 6.10 Å². The zero-order chi connectivity index (χ0) is 18.0. The van der Waals surface area contributed by atoms with Crippen LogP contribution in [-0.2, 0) is 4.84 Å². The molecule has 2 aromatic rings. The summed E-state index contributed by atoms with van der Waals surface area (Å²) < 4.78 is 13.7. The Bertz CT molecular complexity index is 842. The van der Waals surface area contributed by atoms with Gasteiger partial charge in [0.2, 0.25) is 0 Å². The molecule has 0 fully saturated rings. The van der Waals surface area contributed by atoms with E-state index in [0.29, 0.717) is 23.0 Å². The van der Waals surface area contributed by atoms with E-state index >= 15 is 0 Å². The Labute approximate surface area is 154 Å². The zero-order valence-electron chi connectivity index (χ0n) is 13.4. The predicted molar refractivity (Wildman–Crippen MR) is 95.8 cm³/mol. The lowest BCUT2D eigenvalue weighted by atomic mass is 10.0. The van der Waals surface area contributed by atoms with Crippen LogP contribution in [0, 0.1) is 5.82 Å². The molecule has 1 heterocycles. The van der Waals surface area contributed by atoms with Crippen LogP contribution in [0.15, 0.2) is 47.6 Å². The number of hydrogen-bond acceptors (Lipinski definition) is 3.